The van der Waals surface area contributed by atoms with E-state index in [0.717, 1.165) is 6.07 Å². The number of nitrogens with zero attached hydrogens (tertiary/aromatic N) is 1. The fraction of sp³-hybridized carbons (Fsp3) is 0.217. The van der Waals surface area contributed by atoms with E-state index in [9.17, 15) is 26.8 Å². The number of amides is 1. The third-order valence-electron chi connectivity index (χ3n) is 4.54. The minimum absolute atomic E-state index is 0.00256. The molecule has 9 nitrogen and oxygen atoms in total. The van der Waals surface area contributed by atoms with Crippen LogP contribution in [-0.4, -0.2) is 31.6 Å². The molecule has 1 amide bonds. The van der Waals surface area contributed by atoms with Crippen molar-refractivity contribution in [1.82, 2.24) is 4.57 Å². The van der Waals surface area contributed by atoms with Gasteiger partial charge in [-0.25, -0.2) is 8.42 Å². The first kappa shape index (κ1) is 25.7. The molecule has 0 aliphatic heterocycles. The van der Waals surface area contributed by atoms with Gasteiger partial charge in [-0.05, 0) is 37.3 Å². The number of carbonyl (C=O) groups is 1. The Labute approximate surface area is 200 Å². The third-order valence-corrected chi connectivity index (χ3v) is 5.96. The minimum atomic E-state index is -4.21. The maximum atomic E-state index is 13.1. The molecule has 2 N–H and O–H groups in total. The molecule has 0 aliphatic carbocycles. The second-order valence-corrected chi connectivity index (χ2v) is 9.11. The van der Waals surface area contributed by atoms with Crippen LogP contribution in [0.5, 0.6) is 11.5 Å². The van der Waals surface area contributed by atoms with E-state index in [1.54, 1.807) is 14.0 Å². The molecule has 1 heterocycles. The predicted octanol–water partition coefficient (Wildman–Crippen LogP) is 3.83. The van der Waals surface area contributed by atoms with Crippen molar-refractivity contribution in [2.75, 3.05) is 16.6 Å². The van der Waals surface area contributed by atoms with Gasteiger partial charge in [-0.1, -0.05) is 6.07 Å². The molecule has 0 atom stereocenters. The number of alkyl halides is 2. The Morgan fingerprint density at radius 3 is 2.49 bits per heavy atom. The lowest BCUT2D eigenvalue weighted by atomic mass is 10.2. The molecule has 0 fully saturated rings. The van der Waals surface area contributed by atoms with E-state index >= 15 is 0 Å². The first-order chi connectivity index (χ1) is 16.4. The van der Waals surface area contributed by atoms with Crippen LogP contribution < -0.4 is 25.1 Å². The highest BCUT2D eigenvalue weighted by molar-refractivity contribution is 7.92. The van der Waals surface area contributed by atoms with E-state index in [1.165, 1.54) is 59.3 Å². The Balaban J connectivity index is 1.86. The number of aromatic nitrogens is 1. The number of nitrogens with one attached hydrogen (secondary N) is 2. The molecule has 3 aromatic rings. The SMILES string of the molecule is CCOc1cc(NC(=O)c2ccn(C)c(=O)c2)ccc1S(=O)(=O)Nc1cccc(OC(C)(F)F)c1. The molecule has 0 aliphatic rings. The molecular weight excluding hydrogens is 484 g/mol. The lowest BCUT2D eigenvalue weighted by molar-refractivity contribution is -0.158. The lowest BCUT2D eigenvalue weighted by Gasteiger charge is -2.16. The van der Waals surface area contributed by atoms with Crippen LogP contribution in [0.15, 0.2) is 70.5 Å². The Kier molecular flexibility index (Phi) is 7.44. The largest absolute Gasteiger partial charge is 0.492 e. The summed E-state index contributed by atoms with van der Waals surface area (Å²) in [6, 6.07) is 11.7. The predicted molar refractivity (Wildman–Crippen MR) is 126 cm³/mol. The number of halogens is 2. The van der Waals surface area contributed by atoms with Gasteiger partial charge in [0.25, 0.3) is 21.5 Å². The van der Waals surface area contributed by atoms with Gasteiger partial charge in [0.2, 0.25) is 0 Å². The van der Waals surface area contributed by atoms with Crippen molar-refractivity contribution in [2.45, 2.75) is 24.9 Å². The van der Waals surface area contributed by atoms with Crippen molar-refractivity contribution in [3.05, 3.63) is 76.7 Å². The summed E-state index contributed by atoms with van der Waals surface area (Å²) in [5.41, 5.74) is -0.00244. The summed E-state index contributed by atoms with van der Waals surface area (Å²) in [5, 5.41) is 2.59. The second-order valence-electron chi connectivity index (χ2n) is 7.46. The van der Waals surface area contributed by atoms with E-state index in [1.807, 2.05) is 0 Å². The molecular formula is C23H23F2N3O6S. The zero-order valence-corrected chi connectivity index (χ0v) is 19.9. The number of sulfonamides is 1. The van der Waals surface area contributed by atoms with Crippen LogP contribution >= 0.6 is 0 Å². The molecule has 0 saturated heterocycles. The van der Waals surface area contributed by atoms with Gasteiger partial charge in [0, 0.05) is 49.6 Å². The highest BCUT2D eigenvalue weighted by Crippen LogP contribution is 2.31. The summed E-state index contributed by atoms with van der Waals surface area (Å²) in [7, 11) is -2.66. The summed E-state index contributed by atoms with van der Waals surface area (Å²) in [4.78, 5) is 24.0. The van der Waals surface area contributed by atoms with Crippen molar-refractivity contribution < 1.29 is 31.5 Å². The number of rotatable bonds is 9. The average molecular weight is 508 g/mol. The van der Waals surface area contributed by atoms with Crippen LogP contribution in [0, 0.1) is 0 Å². The average Bonchev–Trinajstić information content (AvgIpc) is 2.74. The summed E-state index contributed by atoms with van der Waals surface area (Å²) >= 11 is 0. The van der Waals surface area contributed by atoms with Crippen molar-refractivity contribution in [3.63, 3.8) is 0 Å². The Hall–Kier alpha value is -3.93. The minimum Gasteiger partial charge on any atom is -0.492 e. The van der Waals surface area contributed by atoms with Gasteiger partial charge in [0.15, 0.2) is 0 Å². The molecule has 2 aromatic carbocycles. The van der Waals surface area contributed by atoms with Gasteiger partial charge in [0.05, 0.1) is 12.3 Å². The maximum absolute atomic E-state index is 13.1. The topological polar surface area (TPSA) is 116 Å². The first-order valence-electron chi connectivity index (χ1n) is 10.3. The molecule has 12 heteroatoms. The van der Waals surface area contributed by atoms with Crippen LogP contribution in [0.3, 0.4) is 0 Å². The summed E-state index contributed by atoms with van der Waals surface area (Å²) in [5.74, 6) is -0.839. The van der Waals surface area contributed by atoms with Crippen molar-refractivity contribution in [1.29, 1.82) is 0 Å². The van der Waals surface area contributed by atoms with Crippen molar-refractivity contribution >= 4 is 27.3 Å². The van der Waals surface area contributed by atoms with Crippen LogP contribution in [-0.2, 0) is 17.1 Å². The normalized spacial score (nSPS) is 11.6. The highest BCUT2D eigenvalue weighted by Gasteiger charge is 2.24. The lowest BCUT2D eigenvalue weighted by Crippen LogP contribution is -2.20. The monoisotopic (exact) mass is 507 g/mol. The van der Waals surface area contributed by atoms with Crippen LogP contribution in [0.25, 0.3) is 0 Å². The van der Waals surface area contributed by atoms with Gasteiger partial charge >= 0.3 is 6.11 Å². The number of benzene rings is 2. The quantitative estimate of drug-likeness (QED) is 0.455. The van der Waals surface area contributed by atoms with Crippen molar-refractivity contribution in [3.8, 4) is 11.5 Å². The summed E-state index contributed by atoms with van der Waals surface area (Å²) in [6.07, 6.45) is -1.99. The highest BCUT2D eigenvalue weighted by atomic mass is 32.2. The van der Waals surface area contributed by atoms with Gasteiger partial charge in [-0.15, -0.1) is 0 Å². The molecule has 186 valence electrons. The first-order valence-corrected chi connectivity index (χ1v) is 11.8. The molecule has 0 radical (unpaired) electrons. The van der Waals surface area contributed by atoms with Crippen LogP contribution in [0.2, 0.25) is 0 Å². The van der Waals surface area contributed by atoms with E-state index in [2.05, 4.69) is 14.8 Å². The molecule has 3 rings (SSSR count). The number of ether oxygens (including phenoxy) is 2. The smallest absolute Gasteiger partial charge is 0.394 e. The van der Waals surface area contributed by atoms with E-state index in [4.69, 9.17) is 4.74 Å². The van der Waals surface area contributed by atoms with E-state index in [-0.39, 0.29) is 45.5 Å². The van der Waals surface area contributed by atoms with Gasteiger partial charge in [0.1, 0.15) is 16.4 Å². The second kappa shape index (κ2) is 10.1. The molecule has 0 bridgehead atoms. The number of aryl methyl sites for hydroxylation is 1. The van der Waals surface area contributed by atoms with Gasteiger partial charge in [-0.3, -0.25) is 14.3 Å². The number of pyridine rings is 1. The van der Waals surface area contributed by atoms with Crippen LogP contribution in [0.1, 0.15) is 24.2 Å². The molecule has 0 saturated carbocycles. The molecule has 0 spiro atoms. The van der Waals surface area contributed by atoms with Gasteiger partial charge in [-0.2, -0.15) is 8.78 Å². The molecule has 35 heavy (non-hydrogen) atoms. The Bertz CT molecular complexity index is 1400. The molecule has 1 aromatic heterocycles. The van der Waals surface area contributed by atoms with E-state index < -0.39 is 22.0 Å². The van der Waals surface area contributed by atoms with E-state index in [0.29, 0.717) is 6.92 Å². The fourth-order valence-electron chi connectivity index (χ4n) is 3.01. The maximum Gasteiger partial charge on any atom is 0.394 e. The summed E-state index contributed by atoms with van der Waals surface area (Å²) < 4.78 is 65.8. The number of anilines is 2. The fourth-order valence-corrected chi connectivity index (χ4v) is 4.19. The number of hydrogen-bond acceptors (Lipinski definition) is 6. The third kappa shape index (κ3) is 6.79. The van der Waals surface area contributed by atoms with Crippen LogP contribution in [0.4, 0.5) is 20.2 Å². The Morgan fingerprint density at radius 2 is 1.83 bits per heavy atom. The summed E-state index contributed by atoms with van der Waals surface area (Å²) in [6.45, 7) is 2.35. The zero-order valence-electron chi connectivity index (χ0n) is 19.0. The zero-order chi connectivity index (χ0) is 25.8. The Morgan fingerprint density at radius 1 is 1.09 bits per heavy atom. The molecule has 0 unspecified atom stereocenters. The standard InChI is InChI=1S/C23H23F2N3O6S/c1-4-33-19-14-16(26-22(30)15-10-11-28(3)21(29)12-15)8-9-20(19)35(31,32)27-17-6-5-7-18(13-17)34-23(2,24)25/h5-14,27H,4H2,1-3H3,(H,26,30). The van der Waals surface area contributed by atoms with Crippen molar-refractivity contribution in [2.24, 2.45) is 7.05 Å². The number of hydrogen-bond donors (Lipinski definition) is 2. The number of carbonyl (C=O) groups excluding carboxylic acids is 1. The van der Waals surface area contributed by atoms with Gasteiger partial charge < -0.3 is 19.4 Å².